The maximum atomic E-state index is 4.81. The number of hydrogen-bond acceptors (Lipinski definition) is 2. The fourth-order valence-electron chi connectivity index (χ4n) is 2.67. The predicted octanol–water partition coefficient (Wildman–Crippen LogP) is 4.00. The third-order valence-corrected chi connectivity index (χ3v) is 4.43. The first-order valence-electron chi connectivity index (χ1n) is 6.87. The highest BCUT2D eigenvalue weighted by Crippen LogP contribution is 2.36. The zero-order chi connectivity index (χ0) is 13.2. The molecule has 19 heavy (non-hydrogen) atoms. The van der Waals surface area contributed by atoms with Crippen molar-refractivity contribution < 1.29 is 0 Å². The van der Waals surface area contributed by atoms with Crippen LogP contribution in [0.1, 0.15) is 37.1 Å². The molecular formula is C15H18BrN3. The van der Waals surface area contributed by atoms with Gasteiger partial charge in [-0.15, -0.1) is 0 Å². The first kappa shape index (κ1) is 12.7. The van der Waals surface area contributed by atoms with Crippen molar-refractivity contribution in [2.24, 2.45) is 0 Å². The summed E-state index contributed by atoms with van der Waals surface area (Å²) in [7, 11) is 0. The lowest BCUT2D eigenvalue weighted by atomic mass is 10.0. The van der Waals surface area contributed by atoms with Crippen LogP contribution in [-0.2, 0) is 6.42 Å². The largest absolute Gasteiger partial charge is 0.369 e. The third-order valence-electron chi connectivity index (χ3n) is 3.60. The number of aryl methyl sites for hydroxylation is 1. The number of nitrogens with one attached hydrogen (secondary N) is 1. The molecule has 0 fully saturated rings. The van der Waals surface area contributed by atoms with Gasteiger partial charge in [0.1, 0.15) is 5.82 Å². The van der Waals surface area contributed by atoms with Crippen LogP contribution in [0.5, 0.6) is 0 Å². The summed E-state index contributed by atoms with van der Waals surface area (Å²) in [6.07, 6.45) is 3.21. The minimum absolute atomic E-state index is 0.347. The Morgan fingerprint density at radius 3 is 2.89 bits per heavy atom. The summed E-state index contributed by atoms with van der Waals surface area (Å²) >= 11 is 3.69. The van der Waals surface area contributed by atoms with E-state index in [1.807, 2.05) is 0 Å². The zero-order valence-electron chi connectivity index (χ0n) is 11.1. The van der Waals surface area contributed by atoms with E-state index in [0.717, 1.165) is 41.8 Å². The molecule has 1 unspecified atom stereocenters. The van der Waals surface area contributed by atoms with Gasteiger partial charge in [-0.2, -0.15) is 5.10 Å². The van der Waals surface area contributed by atoms with Crippen molar-refractivity contribution >= 4 is 21.7 Å². The minimum atomic E-state index is 0.347. The SMILES string of the molecule is CCCc1nn2c(c1Br)NCCC2c1ccccc1. The molecule has 3 rings (SSSR count). The monoisotopic (exact) mass is 319 g/mol. The molecule has 4 heteroatoms. The molecule has 1 N–H and O–H groups in total. The van der Waals surface area contributed by atoms with Crippen LogP contribution in [0.2, 0.25) is 0 Å². The van der Waals surface area contributed by atoms with Crippen molar-refractivity contribution in [3.05, 3.63) is 46.1 Å². The molecule has 100 valence electrons. The van der Waals surface area contributed by atoms with Crippen molar-refractivity contribution in [3.8, 4) is 0 Å². The van der Waals surface area contributed by atoms with Gasteiger partial charge in [-0.25, -0.2) is 4.68 Å². The van der Waals surface area contributed by atoms with Crippen LogP contribution in [0, 0.1) is 0 Å². The van der Waals surface area contributed by atoms with Gasteiger partial charge < -0.3 is 5.32 Å². The second-order valence-electron chi connectivity index (χ2n) is 4.95. The molecule has 1 aliphatic heterocycles. The molecule has 0 saturated heterocycles. The van der Waals surface area contributed by atoms with Gasteiger partial charge in [-0.3, -0.25) is 0 Å². The number of hydrogen-bond donors (Lipinski definition) is 1. The number of halogens is 1. The average molecular weight is 320 g/mol. The molecule has 0 spiro atoms. The molecule has 0 radical (unpaired) electrons. The van der Waals surface area contributed by atoms with E-state index in [0.29, 0.717) is 6.04 Å². The number of nitrogens with zero attached hydrogens (tertiary/aromatic N) is 2. The second-order valence-corrected chi connectivity index (χ2v) is 5.74. The van der Waals surface area contributed by atoms with Gasteiger partial charge in [-0.1, -0.05) is 43.7 Å². The van der Waals surface area contributed by atoms with Gasteiger partial charge in [0.25, 0.3) is 0 Å². The Labute approximate surface area is 122 Å². The van der Waals surface area contributed by atoms with Gasteiger partial charge in [-0.05, 0) is 34.3 Å². The molecule has 1 aromatic heterocycles. The molecule has 2 heterocycles. The lowest BCUT2D eigenvalue weighted by Gasteiger charge is -2.26. The number of aromatic nitrogens is 2. The van der Waals surface area contributed by atoms with Crippen LogP contribution >= 0.6 is 15.9 Å². The first-order chi connectivity index (χ1) is 9.31. The van der Waals surface area contributed by atoms with Crippen LogP contribution < -0.4 is 5.32 Å². The van der Waals surface area contributed by atoms with Gasteiger partial charge in [0.05, 0.1) is 16.2 Å². The minimum Gasteiger partial charge on any atom is -0.369 e. The Hall–Kier alpha value is -1.29. The van der Waals surface area contributed by atoms with Crippen LogP contribution in [0.4, 0.5) is 5.82 Å². The number of anilines is 1. The quantitative estimate of drug-likeness (QED) is 0.926. The zero-order valence-corrected chi connectivity index (χ0v) is 12.7. The smallest absolute Gasteiger partial charge is 0.139 e. The molecule has 1 atom stereocenters. The number of benzene rings is 1. The highest BCUT2D eigenvalue weighted by Gasteiger charge is 2.26. The normalized spacial score (nSPS) is 17.9. The highest BCUT2D eigenvalue weighted by atomic mass is 79.9. The van der Waals surface area contributed by atoms with Gasteiger partial charge in [0, 0.05) is 6.54 Å². The van der Waals surface area contributed by atoms with Gasteiger partial charge in [0.15, 0.2) is 0 Å². The summed E-state index contributed by atoms with van der Waals surface area (Å²) in [5.74, 6) is 1.13. The summed E-state index contributed by atoms with van der Waals surface area (Å²) < 4.78 is 3.28. The van der Waals surface area contributed by atoms with Crippen LogP contribution in [0.25, 0.3) is 0 Å². The predicted molar refractivity (Wildman–Crippen MR) is 81.6 cm³/mol. The molecule has 1 aromatic carbocycles. The first-order valence-corrected chi connectivity index (χ1v) is 7.66. The molecular weight excluding hydrogens is 302 g/mol. The summed E-state index contributed by atoms with van der Waals surface area (Å²) in [5.41, 5.74) is 2.50. The second kappa shape index (κ2) is 5.37. The molecule has 1 aliphatic rings. The molecule has 0 amide bonds. The maximum absolute atomic E-state index is 4.81. The lowest BCUT2D eigenvalue weighted by molar-refractivity contribution is 0.477. The molecule has 2 aromatic rings. The van der Waals surface area contributed by atoms with Crippen LogP contribution in [0.15, 0.2) is 34.8 Å². The number of rotatable bonds is 3. The maximum Gasteiger partial charge on any atom is 0.139 e. The third kappa shape index (κ3) is 2.29. The van der Waals surface area contributed by atoms with E-state index in [-0.39, 0.29) is 0 Å². The summed E-state index contributed by atoms with van der Waals surface area (Å²) in [5, 5.41) is 8.27. The van der Waals surface area contributed by atoms with Crippen molar-refractivity contribution in [3.63, 3.8) is 0 Å². The Kier molecular flexibility index (Phi) is 3.60. The summed E-state index contributed by atoms with van der Waals surface area (Å²) in [6, 6.07) is 11.0. The number of fused-ring (bicyclic) bond motifs is 1. The van der Waals surface area contributed by atoms with E-state index in [4.69, 9.17) is 5.10 Å². The van der Waals surface area contributed by atoms with Crippen molar-refractivity contribution in [1.82, 2.24) is 9.78 Å². The Morgan fingerprint density at radius 2 is 2.16 bits per heavy atom. The molecule has 0 saturated carbocycles. The van der Waals surface area contributed by atoms with Gasteiger partial charge in [0.2, 0.25) is 0 Å². The molecule has 3 nitrogen and oxygen atoms in total. The Balaban J connectivity index is 2.03. The molecule has 0 aliphatic carbocycles. The fourth-order valence-corrected chi connectivity index (χ4v) is 3.27. The lowest BCUT2D eigenvalue weighted by Crippen LogP contribution is -2.24. The van der Waals surface area contributed by atoms with E-state index < -0.39 is 0 Å². The van der Waals surface area contributed by atoms with Crippen molar-refractivity contribution in [2.75, 3.05) is 11.9 Å². The van der Waals surface area contributed by atoms with E-state index in [9.17, 15) is 0 Å². The van der Waals surface area contributed by atoms with Crippen molar-refractivity contribution in [1.29, 1.82) is 0 Å². The van der Waals surface area contributed by atoms with Gasteiger partial charge >= 0.3 is 0 Å². The topological polar surface area (TPSA) is 29.9 Å². The molecule has 0 bridgehead atoms. The summed E-state index contributed by atoms with van der Waals surface area (Å²) in [6.45, 7) is 3.18. The van der Waals surface area contributed by atoms with Crippen LogP contribution in [-0.4, -0.2) is 16.3 Å². The fraction of sp³-hybridized carbons (Fsp3) is 0.400. The average Bonchev–Trinajstić information content (AvgIpc) is 2.77. The standard InChI is InChI=1S/C15H18BrN3/c1-2-6-12-14(16)15-17-10-9-13(19(15)18-12)11-7-4-3-5-8-11/h3-5,7-8,13,17H,2,6,9-10H2,1H3. The summed E-state index contributed by atoms with van der Waals surface area (Å²) in [4.78, 5) is 0. The van der Waals surface area contributed by atoms with E-state index in [1.165, 1.54) is 5.56 Å². The Morgan fingerprint density at radius 1 is 1.37 bits per heavy atom. The Bertz CT molecular complexity index is 562. The van der Waals surface area contributed by atoms with E-state index >= 15 is 0 Å². The van der Waals surface area contributed by atoms with E-state index in [1.54, 1.807) is 0 Å². The van der Waals surface area contributed by atoms with Crippen molar-refractivity contribution in [2.45, 2.75) is 32.2 Å². The highest BCUT2D eigenvalue weighted by molar-refractivity contribution is 9.10. The van der Waals surface area contributed by atoms with E-state index in [2.05, 4.69) is 63.2 Å². The van der Waals surface area contributed by atoms with Crippen LogP contribution in [0.3, 0.4) is 0 Å².